The van der Waals surface area contributed by atoms with Crippen LogP contribution in [0.4, 0.5) is 0 Å². The largest absolute Gasteiger partial charge is 0.511 e. The van der Waals surface area contributed by atoms with Crippen molar-refractivity contribution in [3.05, 3.63) is 47.2 Å². The van der Waals surface area contributed by atoms with Crippen LogP contribution in [0.15, 0.2) is 41.7 Å². The first kappa shape index (κ1) is 23.4. The summed E-state index contributed by atoms with van der Waals surface area (Å²) < 4.78 is 5.87. The fourth-order valence-corrected chi connectivity index (χ4v) is 3.31. The number of aliphatic hydroxyl groups is 1. The molecule has 8 heteroatoms. The SMILES string of the molecule is CN1CCC(O)=C(C(=O)NCC(=O)O)C1=O.c1ccc(COC2CCCCC2)cc1. The minimum Gasteiger partial charge on any atom is -0.511 e. The highest BCUT2D eigenvalue weighted by atomic mass is 16.5. The maximum atomic E-state index is 11.5. The van der Waals surface area contributed by atoms with E-state index in [0.717, 1.165) is 6.61 Å². The summed E-state index contributed by atoms with van der Waals surface area (Å²) in [6.07, 6.45) is 7.31. The van der Waals surface area contributed by atoms with E-state index < -0.39 is 24.3 Å². The number of nitrogens with zero attached hydrogens (tertiary/aromatic N) is 1. The van der Waals surface area contributed by atoms with Crippen LogP contribution in [0.25, 0.3) is 0 Å². The monoisotopic (exact) mass is 418 g/mol. The first-order valence-corrected chi connectivity index (χ1v) is 10.2. The zero-order valence-electron chi connectivity index (χ0n) is 17.3. The minimum atomic E-state index is -1.22. The normalized spacial score (nSPS) is 17.2. The highest BCUT2D eigenvalue weighted by molar-refractivity contribution is 6.19. The molecule has 1 aromatic carbocycles. The van der Waals surface area contributed by atoms with Crippen molar-refractivity contribution < 1.29 is 29.3 Å². The van der Waals surface area contributed by atoms with Gasteiger partial charge in [0, 0.05) is 20.0 Å². The summed E-state index contributed by atoms with van der Waals surface area (Å²) in [5, 5.41) is 19.8. The lowest BCUT2D eigenvalue weighted by Crippen LogP contribution is -2.41. The maximum absolute atomic E-state index is 11.5. The average Bonchev–Trinajstić information content (AvgIpc) is 2.75. The summed E-state index contributed by atoms with van der Waals surface area (Å²) in [4.78, 5) is 34.5. The highest BCUT2D eigenvalue weighted by Gasteiger charge is 2.30. The Hall–Kier alpha value is -2.87. The van der Waals surface area contributed by atoms with Crippen molar-refractivity contribution in [3.63, 3.8) is 0 Å². The van der Waals surface area contributed by atoms with Gasteiger partial charge in [0.05, 0.1) is 12.7 Å². The summed E-state index contributed by atoms with van der Waals surface area (Å²) in [6.45, 7) is 0.526. The molecule has 1 heterocycles. The van der Waals surface area contributed by atoms with Crippen molar-refractivity contribution >= 4 is 17.8 Å². The molecule has 0 saturated heterocycles. The molecule has 0 bridgehead atoms. The molecular formula is C22H30N2O6. The van der Waals surface area contributed by atoms with Gasteiger partial charge in [0.25, 0.3) is 11.8 Å². The van der Waals surface area contributed by atoms with Crippen LogP contribution >= 0.6 is 0 Å². The van der Waals surface area contributed by atoms with E-state index in [4.69, 9.17) is 9.84 Å². The van der Waals surface area contributed by atoms with E-state index in [-0.39, 0.29) is 17.8 Å². The lowest BCUT2D eigenvalue weighted by molar-refractivity contribution is -0.138. The predicted octanol–water partition coefficient (Wildman–Crippen LogP) is 2.40. The van der Waals surface area contributed by atoms with Gasteiger partial charge in [-0.05, 0) is 18.4 Å². The fourth-order valence-electron chi connectivity index (χ4n) is 3.31. The Morgan fingerprint density at radius 3 is 2.47 bits per heavy atom. The Labute approximate surface area is 176 Å². The standard InChI is InChI=1S/C13H18O.C9H12N2O5/c1-3-7-12(8-4-1)11-14-13-9-5-2-6-10-13;1-11-3-2-5(12)7(9(11)16)8(15)10-4-6(13)14/h1,3-4,7-8,13H,2,5-6,9-11H2;12H,2-4H2,1H3,(H,10,15)(H,13,14). The molecule has 1 aliphatic carbocycles. The number of nitrogens with one attached hydrogen (secondary N) is 1. The van der Waals surface area contributed by atoms with Crippen LogP contribution in [0.1, 0.15) is 44.1 Å². The molecule has 2 amide bonds. The number of aliphatic hydroxyl groups excluding tert-OH is 1. The molecule has 0 radical (unpaired) electrons. The summed E-state index contributed by atoms with van der Waals surface area (Å²) >= 11 is 0. The molecule has 164 valence electrons. The third-order valence-corrected chi connectivity index (χ3v) is 5.04. The second kappa shape index (κ2) is 12.0. The van der Waals surface area contributed by atoms with Crippen LogP contribution < -0.4 is 5.32 Å². The van der Waals surface area contributed by atoms with E-state index in [9.17, 15) is 19.5 Å². The number of ether oxygens (including phenoxy) is 1. The number of rotatable bonds is 6. The van der Waals surface area contributed by atoms with E-state index in [1.165, 1.54) is 49.6 Å². The number of carbonyl (C=O) groups excluding carboxylic acids is 2. The topological polar surface area (TPSA) is 116 Å². The smallest absolute Gasteiger partial charge is 0.322 e. The minimum absolute atomic E-state index is 0.193. The zero-order valence-corrected chi connectivity index (χ0v) is 17.3. The van der Waals surface area contributed by atoms with Crippen LogP contribution in [-0.4, -0.2) is 59.1 Å². The molecule has 3 rings (SSSR count). The van der Waals surface area contributed by atoms with Crippen molar-refractivity contribution in [2.24, 2.45) is 0 Å². The lowest BCUT2D eigenvalue weighted by atomic mass is 9.98. The third-order valence-electron chi connectivity index (χ3n) is 5.04. The van der Waals surface area contributed by atoms with Crippen LogP contribution in [0, 0.1) is 0 Å². The predicted molar refractivity (Wildman–Crippen MR) is 111 cm³/mol. The Bertz CT molecular complexity index is 756. The molecule has 3 N–H and O–H groups in total. The Kier molecular flexibility index (Phi) is 9.34. The van der Waals surface area contributed by atoms with E-state index in [1.54, 1.807) is 0 Å². The average molecular weight is 418 g/mol. The van der Waals surface area contributed by atoms with Gasteiger partial charge in [0.15, 0.2) is 0 Å². The number of carboxylic acid groups (broad SMARTS) is 1. The van der Waals surface area contributed by atoms with Crippen molar-refractivity contribution in [2.45, 2.75) is 51.2 Å². The molecule has 2 aliphatic rings. The number of hydrogen-bond acceptors (Lipinski definition) is 5. The van der Waals surface area contributed by atoms with Gasteiger partial charge in [-0.25, -0.2) is 0 Å². The first-order valence-electron chi connectivity index (χ1n) is 10.2. The van der Waals surface area contributed by atoms with Crippen molar-refractivity contribution in [1.82, 2.24) is 10.2 Å². The van der Waals surface area contributed by atoms with Gasteiger partial charge in [-0.15, -0.1) is 0 Å². The van der Waals surface area contributed by atoms with Gasteiger partial charge < -0.3 is 25.2 Å². The fraction of sp³-hybridized carbons (Fsp3) is 0.500. The van der Waals surface area contributed by atoms with Crippen molar-refractivity contribution in [1.29, 1.82) is 0 Å². The van der Waals surface area contributed by atoms with Gasteiger partial charge in [-0.3, -0.25) is 14.4 Å². The quantitative estimate of drug-likeness (QED) is 0.611. The molecule has 0 aromatic heterocycles. The summed E-state index contributed by atoms with van der Waals surface area (Å²) in [5.74, 6) is -2.99. The van der Waals surface area contributed by atoms with Crippen molar-refractivity contribution in [2.75, 3.05) is 20.1 Å². The van der Waals surface area contributed by atoms with E-state index in [1.807, 2.05) is 11.4 Å². The molecule has 1 aromatic rings. The summed E-state index contributed by atoms with van der Waals surface area (Å²) in [6, 6.07) is 10.4. The van der Waals surface area contributed by atoms with Crippen LogP contribution in [0.2, 0.25) is 0 Å². The number of amides is 2. The second-order valence-electron chi connectivity index (χ2n) is 7.43. The van der Waals surface area contributed by atoms with E-state index in [0.29, 0.717) is 12.6 Å². The number of benzene rings is 1. The van der Waals surface area contributed by atoms with E-state index in [2.05, 4.69) is 24.3 Å². The van der Waals surface area contributed by atoms with Crippen LogP contribution in [0.5, 0.6) is 0 Å². The lowest BCUT2D eigenvalue weighted by Gasteiger charge is -2.23. The Morgan fingerprint density at radius 1 is 1.17 bits per heavy atom. The van der Waals surface area contributed by atoms with Gasteiger partial charge in [-0.1, -0.05) is 49.6 Å². The highest BCUT2D eigenvalue weighted by Crippen LogP contribution is 2.21. The molecule has 1 aliphatic heterocycles. The first-order chi connectivity index (χ1) is 14.4. The molecule has 0 unspecified atom stereocenters. The van der Waals surface area contributed by atoms with Crippen LogP contribution in [-0.2, 0) is 25.7 Å². The molecule has 0 atom stereocenters. The summed E-state index contributed by atoms with van der Waals surface area (Å²) in [5.41, 5.74) is 0.910. The zero-order chi connectivity index (χ0) is 21.9. The van der Waals surface area contributed by atoms with Crippen molar-refractivity contribution in [3.8, 4) is 0 Å². The molecule has 0 spiro atoms. The number of hydrogen-bond donors (Lipinski definition) is 3. The molecule has 1 fully saturated rings. The second-order valence-corrected chi connectivity index (χ2v) is 7.43. The number of carboxylic acids is 1. The van der Waals surface area contributed by atoms with Gasteiger partial charge in [-0.2, -0.15) is 0 Å². The third kappa shape index (κ3) is 7.51. The Morgan fingerprint density at radius 2 is 1.83 bits per heavy atom. The molecule has 8 nitrogen and oxygen atoms in total. The number of aliphatic carboxylic acids is 1. The van der Waals surface area contributed by atoms with Gasteiger partial charge in [0.2, 0.25) is 0 Å². The molecular weight excluding hydrogens is 388 g/mol. The maximum Gasteiger partial charge on any atom is 0.322 e. The molecule has 30 heavy (non-hydrogen) atoms. The van der Waals surface area contributed by atoms with Gasteiger partial charge >= 0.3 is 5.97 Å². The Balaban J connectivity index is 0.000000215. The van der Waals surface area contributed by atoms with E-state index >= 15 is 0 Å². The van der Waals surface area contributed by atoms with Crippen LogP contribution in [0.3, 0.4) is 0 Å². The molecule has 1 saturated carbocycles. The van der Waals surface area contributed by atoms with Gasteiger partial charge in [0.1, 0.15) is 17.9 Å². The number of carbonyl (C=O) groups is 3. The summed E-state index contributed by atoms with van der Waals surface area (Å²) in [7, 11) is 1.50. The number of likely N-dealkylation sites (N-methyl/N-ethyl adjacent to an activating group) is 1.